The zero-order chi connectivity index (χ0) is 17.0. The molecule has 0 unspecified atom stereocenters. The number of unbranched alkanes of at least 4 members (excludes halogenated alkanes) is 14. The fraction of sp³-hybridized carbons (Fsp3) is 0.810. The highest BCUT2D eigenvalue weighted by Crippen LogP contribution is 2.13. The van der Waals surface area contributed by atoms with Crippen LogP contribution in [-0.2, 0) is 4.79 Å². The molecule has 2 heteroatoms. The van der Waals surface area contributed by atoms with E-state index in [2.05, 4.69) is 13.0 Å². The van der Waals surface area contributed by atoms with Crippen LogP contribution in [0.1, 0.15) is 110 Å². The van der Waals surface area contributed by atoms with Gasteiger partial charge in [0.2, 0.25) is 0 Å². The minimum atomic E-state index is -0.758. The van der Waals surface area contributed by atoms with E-state index in [4.69, 9.17) is 5.11 Å². The summed E-state index contributed by atoms with van der Waals surface area (Å²) in [6.07, 6.45) is 26.4. The highest BCUT2D eigenvalue weighted by Gasteiger charge is 1.94. The molecule has 0 bridgehead atoms. The van der Waals surface area contributed by atoms with Crippen molar-refractivity contribution in [3.8, 4) is 0 Å². The average Bonchev–Trinajstić information content (AvgIpc) is 2.53. The Kier molecular flexibility index (Phi) is 18.6. The van der Waals surface area contributed by atoms with Crippen LogP contribution in [0.5, 0.6) is 0 Å². The lowest BCUT2D eigenvalue weighted by atomic mass is 10.0. The highest BCUT2D eigenvalue weighted by atomic mass is 16.4. The molecule has 0 aliphatic carbocycles. The number of carboxylic acids is 1. The van der Waals surface area contributed by atoms with E-state index in [0.717, 1.165) is 6.42 Å². The van der Waals surface area contributed by atoms with Crippen LogP contribution >= 0.6 is 0 Å². The minimum absolute atomic E-state index is 0.134. The molecule has 0 atom stereocenters. The maximum Gasteiger partial charge on any atom is 0.303 e. The van der Waals surface area contributed by atoms with Crippen molar-refractivity contribution in [1.82, 2.24) is 0 Å². The molecule has 0 fully saturated rings. The van der Waals surface area contributed by atoms with Crippen LogP contribution < -0.4 is 0 Å². The molecular weight excluding hydrogens is 284 g/mol. The van der Waals surface area contributed by atoms with Gasteiger partial charge >= 0.3 is 5.97 Å². The van der Waals surface area contributed by atoms with Gasteiger partial charge < -0.3 is 5.11 Å². The second-order valence-corrected chi connectivity index (χ2v) is 6.65. The molecule has 0 saturated carbocycles. The molecule has 1 radical (unpaired) electrons. The minimum Gasteiger partial charge on any atom is -0.481 e. The number of rotatable bonds is 18. The zero-order valence-electron chi connectivity index (χ0n) is 15.4. The number of carbonyl (C=O) groups is 1. The van der Waals surface area contributed by atoms with E-state index in [-0.39, 0.29) is 6.42 Å². The summed E-state index contributed by atoms with van der Waals surface area (Å²) >= 11 is 0. The monoisotopic (exact) mass is 323 g/mol. The standard InChI is InChI=1S/C21H39O2/c1-2-3-4-5-6-7-8-9-10-11-12-13-14-15-16-17-18-19-20-21(22)23/h17-19H,2-16,20H2,1H3,(H,22,23). The predicted octanol–water partition coefficient (Wildman–Crippen LogP) is 7.09. The van der Waals surface area contributed by atoms with E-state index in [0.29, 0.717) is 0 Å². The summed E-state index contributed by atoms with van der Waals surface area (Å²) in [5.74, 6) is -0.758. The zero-order valence-corrected chi connectivity index (χ0v) is 15.4. The second kappa shape index (κ2) is 19.3. The van der Waals surface area contributed by atoms with E-state index in [1.54, 1.807) is 6.42 Å². The largest absolute Gasteiger partial charge is 0.481 e. The predicted molar refractivity (Wildman–Crippen MR) is 101 cm³/mol. The molecule has 0 aromatic heterocycles. The van der Waals surface area contributed by atoms with Gasteiger partial charge in [0.05, 0.1) is 6.42 Å². The smallest absolute Gasteiger partial charge is 0.303 e. The third-order valence-electron chi connectivity index (χ3n) is 4.29. The summed E-state index contributed by atoms with van der Waals surface area (Å²) in [6, 6.07) is 0. The SMILES string of the molecule is CCCCCCCCCCCCCCCCC=C[CH]CC(=O)O. The van der Waals surface area contributed by atoms with Gasteiger partial charge in [-0.1, -0.05) is 103 Å². The molecule has 0 spiro atoms. The Labute approximate surface area is 144 Å². The van der Waals surface area contributed by atoms with Crippen LogP contribution in [0.15, 0.2) is 12.2 Å². The molecule has 2 nitrogen and oxygen atoms in total. The molecule has 135 valence electrons. The van der Waals surface area contributed by atoms with Crippen LogP contribution in [0.2, 0.25) is 0 Å². The van der Waals surface area contributed by atoms with Crippen molar-refractivity contribution in [2.24, 2.45) is 0 Å². The van der Waals surface area contributed by atoms with E-state index in [1.165, 1.54) is 89.9 Å². The first-order valence-corrected chi connectivity index (χ1v) is 9.97. The molecule has 0 saturated heterocycles. The van der Waals surface area contributed by atoms with Crippen LogP contribution in [0.4, 0.5) is 0 Å². The van der Waals surface area contributed by atoms with Gasteiger partial charge in [0.15, 0.2) is 0 Å². The lowest BCUT2D eigenvalue weighted by molar-refractivity contribution is -0.136. The fourth-order valence-electron chi connectivity index (χ4n) is 2.82. The quantitative estimate of drug-likeness (QED) is 0.273. The lowest BCUT2D eigenvalue weighted by Crippen LogP contribution is -1.92. The van der Waals surface area contributed by atoms with E-state index in [1.807, 2.05) is 6.08 Å². The molecule has 0 heterocycles. The van der Waals surface area contributed by atoms with Gasteiger partial charge in [-0.05, 0) is 19.3 Å². The highest BCUT2D eigenvalue weighted by molar-refractivity contribution is 5.68. The molecular formula is C21H39O2. The second-order valence-electron chi connectivity index (χ2n) is 6.65. The van der Waals surface area contributed by atoms with Crippen molar-refractivity contribution in [2.75, 3.05) is 0 Å². The van der Waals surface area contributed by atoms with Gasteiger partial charge in [-0.15, -0.1) is 0 Å². The summed E-state index contributed by atoms with van der Waals surface area (Å²) < 4.78 is 0. The Morgan fingerprint density at radius 1 is 0.739 bits per heavy atom. The van der Waals surface area contributed by atoms with Gasteiger partial charge in [-0.2, -0.15) is 0 Å². The van der Waals surface area contributed by atoms with E-state index >= 15 is 0 Å². The molecule has 0 amide bonds. The fourth-order valence-corrected chi connectivity index (χ4v) is 2.82. The molecule has 0 aromatic carbocycles. The van der Waals surface area contributed by atoms with E-state index in [9.17, 15) is 4.79 Å². The van der Waals surface area contributed by atoms with E-state index < -0.39 is 5.97 Å². The maximum absolute atomic E-state index is 10.3. The first-order valence-electron chi connectivity index (χ1n) is 9.97. The summed E-state index contributed by atoms with van der Waals surface area (Å²) in [7, 11) is 0. The van der Waals surface area contributed by atoms with Crippen LogP contribution in [-0.4, -0.2) is 11.1 Å². The molecule has 0 aliphatic heterocycles. The van der Waals surface area contributed by atoms with Gasteiger partial charge in [-0.3, -0.25) is 4.79 Å². The third-order valence-corrected chi connectivity index (χ3v) is 4.29. The number of hydrogen-bond acceptors (Lipinski definition) is 1. The summed E-state index contributed by atoms with van der Waals surface area (Å²) in [5.41, 5.74) is 0. The first kappa shape index (κ1) is 22.2. The van der Waals surface area contributed by atoms with Crippen molar-refractivity contribution in [1.29, 1.82) is 0 Å². The van der Waals surface area contributed by atoms with Gasteiger partial charge in [0, 0.05) is 0 Å². The van der Waals surface area contributed by atoms with Crippen LogP contribution in [0.25, 0.3) is 0 Å². The van der Waals surface area contributed by atoms with Gasteiger partial charge in [0.25, 0.3) is 0 Å². The van der Waals surface area contributed by atoms with Crippen molar-refractivity contribution >= 4 is 5.97 Å². The normalized spacial score (nSPS) is 11.3. The Morgan fingerprint density at radius 2 is 1.17 bits per heavy atom. The molecule has 23 heavy (non-hydrogen) atoms. The summed E-state index contributed by atoms with van der Waals surface area (Å²) in [5, 5.41) is 8.48. The van der Waals surface area contributed by atoms with Crippen molar-refractivity contribution in [2.45, 2.75) is 110 Å². The number of carboxylic acid groups (broad SMARTS) is 1. The molecule has 0 aromatic rings. The van der Waals surface area contributed by atoms with Crippen molar-refractivity contribution in [3.63, 3.8) is 0 Å². The Balaban J connectivity index is 3.04. The van der Waals surface area contributed by atoms with Crippen molar-refractivity contribution in [3.05, 3.63) is 18.6 Å². The summed E-state index contributed by atoms with van der Waals surface area (Å²) in [6.45, 7) is 2.28. The number of hydrogen-bond donors (Lipinski definition) is 1. The topological polar surface area (TPSA) is 37.3 Å². The number of aliphatic carboxylic acids is 1. The average molecular weight is 324 g/mol. The number of allylic oxidation sites excluding steroid dienone is 2. The molecule has 0 aliphatic rings. The van der Waals surface area contributed by atoms with Gasteiger partial charge in [0.1, 0.15) is 0 Å². The Hall–Kier alpha value is -0.790. The van der Waals surface area contributed by atoms with Gasteiger partial charge in [-0.25, -0.2) is 0 Å². The first-order chi connectivity index (χ1) is 11.3. The molecule has 0 rings (SSSR count). The van der Waals surface area contributed by atoms with Crippen LogP contribution in [0, 0.1) is 6.42 Å². The third kappa shape index (κ3) is 21.2. The Bertz CT molecular complexity index is 271. The van der Waals surface area contributed by atoms with Crippen molar-refractivity contribution < 1.29 is 9.90 Å². The maximum atomic E-state index is 10.3. The Morgan fingerprint density at radius 3 is 1.61 bits per heavy atom. The molecule has 1 N–H and O–H groups in total. The lowest BCUT2D eigenvalue weighted by Gasteiger charge is -2.02. The van der Waals surface area contributed by atoms with Crippen LogP contribution in [0.3, 0.4) is 0 Å². The summed E-state index contributed by atoms with van der Waals surface area (Å²) in [4.78, 5) is 10.3.